The number of benzene rings is 2. The van der Waals surface area contributed by atoms with E-state index in [1.54, 1.807) is 0 Å². The molecule has 4 rings (SSSR count). The van der Waals surface area contributed by atoms with E-state index in [2.05, 4.69) is 29.6 Å². The van der Waals surface area contributed by atoms with Gasteiger partial charge in [-0.1, -0.05) is 42.5 Å². The van der Waals surface area contributed by atoms with Crippen LogP contribution in [0.2, 0.25) is 0 Å². The Morgan fingerprint density at radius 1 is 0.875 bits per heavy atom. The Kier molecular flexibility index (Phi) is 7.81. The topological polar surface area (TPSA) is 58.6 Å². The van der Waals surface area contributed by atoms with E-state index in [1.165, 1.54) is 24.0 Å². The maximum Gasteiger partial charge on any atom is 0.260 e. The maximum atomic E-state index is 12.4. The lowest BCUT2D eigenvalue weighted by molar-refractivity contribution is -0.134. The highest BCUT2D eigenvalue weighted by Gasteiger charge is 2.23. The first-order chi connectivity index (χ1) is 15.7. The zero-order valence-electron chi connectivity index (χ0n) is 18.8. The predicted octanol–water partition coefficient (Wildman–Crippen LogP) is 4.01. The van der Waals surface area contributed by atoms with Crippen molar-refractivity contribution in [2.24, 2.45) is 11.8 Å². The third kappa shape index (κ3) is 7.11. The average molecular weight is 435 g/mol. The van der Waals surface area contributed by atoms with Gasteiger partial charge in [-0.25, -0.2) is 0 Å². The molecule has 1 N–H and O–H groups in total. The minimum atomic E-state index is 0.0674. The van der Waals surface area contributed by atoms with Crippen molar-refractivity contribution in [1.82, 2.24) is 10.2 Å². The molecule has 0 spiro atoms. The van der Waals surface area contributed by atoms with E-state index in [0.29, 0.717) is 12.3 Å². The van der Waals surface area contributed by atoms with Gasteiger partial charge >= 0.3 is 0 Å². The number of hydrogen-bond donors (Lipinski definition) is 1. The highest BCUT2D eigenvalue weighted by Crippen LogP contribution is 2.27. The summed E-state index contributed by atoms with van der Waals surface area (Å²) in [6, 6.07) is 18.2. The number of nitrogens with zero attached hydrogens (tertiary/aromatic N) is 1. The number of amides is 2. The lowest BCUT2D eigenvalue weighted by atomic mass is 9.89. The van der Waals surface area contributed by atoms with Gasteiger partial charge in [0.05, 0.1) is 0 Å². The van der Waals surface area contributed by atoms with Gasteiger partial charge in [0.2, 0.25) is 5.91 Å². The highest BCUT2D eigenvalue weighted by atomic mass is 16.5. The fourth-order valence-corrected chi connectivity index (χ4v) is 4.24. The molecule has 1 aliphatic heterocycles. The number of rotatable bonds is 10. The Labute approximate surface area is 191 Å². The normalized spacial score (nSPS) is 16.6. The number of carbonyl (C=O) groups is 2. The smallest absolute Gasteiger partial charge is 0.260 e. The van der Waals surface area contributed by atoms with Gasteiger partial charge in [0.1, 0.15) is 5.75 Å². The summed E-state index contributed by atoms with van der Waals surface area (Å²) in [6.07, 6.45) is 6.99. The fourth-order valence-electron chi connectivity index (χ4n) is 4.24. The average Bonchev–Trinajstić information content (AvgIpc) is 3.66. The van der Waals surface area contributed by atoms with E-state index < -0.39 is 0 Å². The quantitative estimate of drug-likeness (QED) is 0.615. The van der Waals surface area contributed by atoms with Crippen LogP contribution in [0.15, 0.2) is 54.6 Å². The van der Waals surface area contributed by atoms with Crippen molar-refractivity contribution in [2.45, 2.75) is 44.9 Å². The van der Waals surface area contributed by atoms with Crippen molar-refractivity contribution in [3.63, 3.8) is 0 Å². The molecule has 1 saturated carbocycles. The molecule has 32 heavy (non-hydrogen) atoms. The number of aryl methyl sites for hydroxylation is 1. The number of piperidine rings is 1. The number of nitrogens with one attached hydrogen (secondary N) is 1. The Balaban J connectivity index is 1.14. The van der Waals surface area contributed by atoms with Crippen LogP contribution >= 0.6 is 0 Å². The second-order valence-electron chi connectivity index (χ2n) is 9.19. The van der Waals surface area contributed by atoms with Gasteiger partial charge in [-0.2, -0.15) is 0 Å². The summed E-state index contributed by atoms with van der Waals surface area (Å²) in [6.45, 7) is 2.56. The van der Waals surface area contributed by atoms with Crippen LogP contribution in [0.1, 0.15) is 43.2 Å². The molecule has 0 aromatic heterocycles. The maximum absolute atomic E-state index is 12.4. The first-order valence-electron chi connectivity index (χ1n) is 12.0. The summed E-state index contributed by atoms with van der Waals surface area (Å²) >= 11 is 0. The molecule has 1 saturated heterocycles. The van der Waals surface area contributed by atoms with E-state index >= 15 is 0 Å². The van der Waals surface area contributed by atoms with Gasteiger partial charge in [0, 0.05) is 26.1 Å². The third-order valence-electron chi connectivity index (χ3n) is 6.55. The van der Waals surface area contributed by atoms with E-state index in [-0.39, 0.29) is 18.4 Å². The Morgan fingerprint density at radius 2 is 1.56 bits per heavy atom. The zero-order valence-corrected chi connectivity index (χ0v) is 18.8. The molecule has 2 fully saturated rings. The number of para-hydroxylation sites is 1. The van der Waals surface area contributed by atoms with Crippen molar-refractivity contribution >= 4 is 11.8 Å². The number of likely N-dealkylation sites (tertiary alicyclic amines) is 1. The molecule has 0 bridgehead atoms. The van der Waals surface area contributed by atoms with Gasteiger partial charge in [0.15, 0.2) is 6.61 Å². The standard InChI is InChI=1S/C27H34N2O3/c30-26(28-19-24-10-11-24)13-12-21-6-8-22(9-7-21)18-23-14-16-29(17-15-23)27(31)20-32-25-4-2-1-3-5-25/h1-9,23-24H,10-20H2,(H,28,30). The van der Waals surface area contributed by atoms with Crippen LogP contribution in [-0.4, -0.2) is 43.0 Å². The Bertz CT molecular complexity index is 870. The van der Waals surface area contributed by atoms with E-state index in [0.717, 1.165) is 57.0 Å². The molecule has 2 aromatic rings. The van der Waals surface area contributed by atoms with Crippen LogP contribution in [0.5, 0.6) is 5.75 Å². The van der Waals surface area contributed by atoms with Gasteiger partial charge in [-0.05, 0) is 73.6 Å². The van der Waals surface area contributed by atoms with Crippen LogP contribution in [0.25, 0.3) is 0 Å². The summed E-state index contributed by atoms with van der Waals surface area (Å²) in [5.74, 6) is 2.30. The van der Waals surface area contributed by atoms with Crippen molar-refractivity contribution in [1.29, 1.82) is 0 Å². The van der Waals surface area contributed by atoms with Crippen LogP contribution in [-0.2, 0) is 22.4 Å². The highest BCUT2D eigenvalue weighted by molar-refractivity contribution is 5.78. The van der Waals surface area contributed by atoms with E-state index in [9.17, 15) is 9.59 Å². The van der Waals surface area contributed by atoms with Crippen LogP contribution in [0.3, 0.4) is 0 Å². The number of hydrogen-bond acceptors (Lipinski definition) is 3. The number of carbonyl (C=O) groups excluding carboxylic acids is 2. The SMILES string of the molecule is O=C(CCc1ccc(CC2CCN(C(=O)COc3ccccc3)CC2)cc1)NCC1CC1. The molecule has 0 unspecified atom stereocenters. The summed E-state index contributed by atoms with van der Waals surface area (Å²) in [5, 5.41) is 3.03. The predicted molar refractivity (Wildman–Crippen MR) is 125 cm³/mol. The summed E-state index contributed by atoms with van der Waals surface area (Å²) in [4.78, 5) is 26.3. The molecular weight excluding hydrogens is 400 g/mol. The molecule has 0 atom stereocenters. The molecule has 2 aliphatic rings. The van der Waals surface area contributed by atoms with Crippen molar-refractivity contribution < 1.29 is 14.3 Å². The largest absolute Gasteiger partial charge is 0.484 e. The Morgan fingerprint density at radius 3 is 2.25 bits per heavy atom. The summed E-state index contributed by atoms with van der Waals surface area (Å²) < 4.78 is 5.60. The minimum absolute atomic E-state index is 0.0674. The molecule has 1 heterocycles. The zero-order chi connectivity index (χ0) is 22.2. The van der Waals surface area contributed by atoms with Crippen LogP contribution in [0.4, 0.5) is 0 Å². The third-order valence-corrected chi connectivity index (χ3v) is 6.55. The van der Waals surface area contributed by atoms with Crippen molar-refractivity contribution in [3.05, 3.63) is 65.7 Å². The lowest BCUT2D eigenvalue weighted by Gasteiger charge is -2.32. The Hall–Kier alpha value is -2.82. The summed E-state index contributed by atoms with van der Waals surface area (Å²) in [7, 11) is 0. The van der Waals surface area contributed by atoms with E-state index in [4.69, 9.17) is 4.74 Å². The molecule has 170 valence electrons. The van der Waals surface area contributed by atoms with Gasteiger partial charge in [-0.3, -0.25) is 9.59 Å². The van der Waals surface area contributed by atoms with Crippen LogP contribution in [0, 0.1) is 11.8 Å². The van der Waals surface area contributed by atoms with Gasteiger partial charge in [-0.15, -0.1) is 0 Å². The molecule has 5 nitrogen and oxygen atoms in total. The monoisotopic (exact) mass is 434 g/mol. The van der Waals surface area contributed by atoms with Crippen molar-refractivity contribution in [3.8, 4) is 5.75 Å². The fraction of sp³-hybridized carbons (Fsp3) is 0.481. The molecule has 0 radical (unpaired) electrons. The minimum Gasteiger partial charge on any atom is -0.484 e. The second-order valence-corrected chi connectivity index (χ2v) is 9.19. The molecule has 5 heteroatoms. The van der Waals surface area contributed by atoms with E-state index in [1.807, 2.05) is 35.2 Å². The second kappa shape index (κ2) is 11.2. The van der Waals surface area contributed by atoms with Crippen LogP contribution < -0.4 is 10.1 Å². The van der Waals surface area contributed by atoms with Gasteiger partial charge in [0.25, 0.3) is 5.91 Å². The molecule has 1 aliphatic carbocycles. The first kappa shape index (κ1) is 22.4. The number of ether oxygens (including phenoxy) is 1. The first-order valence-corrected chi connectivity index (χ1v) is 12.0. The van der Waals surface area contributed by atoms with Crippen molar-refractivity contribution in [2.75, 3.05) is 26.2 Å². The molecule has 2 aromatic carbocycles. The molecule has 2 amide bonds. The lowest BCUT2D eigenvalue weighted by Crippen LogP contribution is -2.41. The summed E-state index contributed by atoms with van der Waals surface area (Å²) in [5.41, 5.74) is 2.55. The van der Waals surface area contributed by atoms with Gasteiger partial charge < -0.3 is 15.0 Å². The molecular formula is C27H34N2O3.